The highest BCUT2D eigenvalue weighted by Crippen LogP contribution is 2.63. The number of aliphatic hydroxyl groups excluding tert-OH is 1. The molecule has 0 saturated heterocycles. The van der Waals surface area contributed by atoms with Gasteiger partial charge in [0, 0.05) is 54.2 Å². The lowest BCUT2D eigenvalue weighted by Crippen LogP contribution is -2.58. The number of thiazole rings is 1. The Balaban J connectivity index is 0.928. The number of hydrogen-bond acceptors (Lipinski definition) is 12. The zero-order chi connectivity index (χ0) is 39.3. The zero-order valence-corrected chi connectivity index (χ0v) is 34.0. The maximum atomic E-state index is 12.9. The van der Waals surface area contributed by atoms with Gasteiger partial charge in [0.15, 0.2) is 22.5 Å². The lowest BCUT2D eigenvalue weighted by molar-refractivity contribution is -0.197. The Bertz CT molecular complexity index is 2240. The average molecular weight is 792 g/mol. The van der Waals surface area contributed by atoms with Gasteiger partial charge in [-0.3, -0.25) is 4.68 Å². The third-order valence-corrected chi connectivity index (χ3v) is 14.1. The Morgan fingerprint density at radius 3 is 2.65 bits per heavy atom. The second-order valence-electron chi connectivity index (χ2n) is 17.2. The molecule has 4 aromatic heterocycles. The summed E-state index contributed by atoms with van der Waals surface area (Å²) < 4.78 is 10.1. The van der Waals surface area contributed by atoms with Gasteiger partial charge in [-0.05, 0) is 133 Å². The highest BCUT2D eigenvalue weighted by molar-refractivity contribution is 7.22. The molecule has 57 heavy (non-hydrogen) atoms. The van der Waals surface area contributed by atoms with Crippen molar-refractivity contribution in [3.05, 3.63) is 65.1 Å². The second-order valence-corrected chi connectivity index (χ2v) is 18.3. The van der Waals surface area contributed by atoms with Gasteiger partial charge in [0.05, 0.1) is 28.6 Å². The molecule has 4 fully saturated rings. The molecule has 10 rings (SSSR count). The molecule has 0 radical (unpaired) electrons. The van der Waals surface area contributed by atoms with Crippen LogP contribution in [0.25, 0.3) is 21.3 Å². The Morgan fingerprint density at radius 2 is 1.86 bits per heavy atom. The standard InChI is InChI=1S/C43H53N9O4S/c1-27-31-9-8-15-51(39(31)49-48-38(27)47-41-45-34-10-4-5-11-35(34)57-41)36-13-12-32(37(46-36)40(54)55)33-24-44-52(28(33)2)26-42-20-29-19-30(21-42)23-43(22-29,25-42)56-18-16-50(3)14-6-7-17-53/h4-5,10-13,24,29-30,53H,6-9,14-23,25-26H2,1-3H3,(H,54,55)(H,45,47,48). The number of carbonyl (C=O) groups is 1. The molecule has 2 atom stereocenters. The van der Waals surface area contributed by atoms with E-state index in [2.05, 4.69) is 45.1 Å². The number of aromatic carboxylic acids is 1. The molecule has 13 nitrogen and oxygen atoms in total. The molecule has 5 heterocycles. The molecule has 3 N–H and O–H groups in total. The van der Waals surface area contributed by atoms with E-state index in [-0.39, 0.29) is 23.3 Å². The highest BCUT2D eigenvalue weighted by Gasteiger charge is 2.58. The van der Waals surface area contributed by atoms with Crippen molar-refractivity contribution in [3.63, 3.8) is 0 Å². The monoisotopic (exact) mass is 791 g/mol. The summed E-state index contributed by atoms with van der Waals surface area (Å²) in [6.45, 7) is 8.42. The Morgan fingerprint density at radius 1 is 1.04 bits per heavy atom. The number of carboxylic acids is 1. The minimum atomic E-state index is -1.08. The number of aliphatic hydroxyl groups is 1. The first-order valence-corrected chi connectivity index (χ1v) is 21.4. The van der Waals surface area contributed by atoms with Crippen LogP contribution >= 0.6 is 11.3 Å². The van der Waals surface area contributed by atoms with E-state index >= 15 is 0 Å². The smallest absolute Gasteiger partial charge is 0.355 e. The van der Waals surface area contributed by atoms with Gasteiger partial charge < -0.3 is 30.1 Å². The summed E-state index contributed by atoms with van der Waals surface area (Å²) in [5, 5.41) is 38.0. The van der Waals surface area contributed by atoms with E-state index in [9.17, 15) is 9.90 Å². The minimum absolute atomic E-state index is 0.00423. The minimum Gasteiger partial charge on any atom is -0.476 e. The Hall–Kier alpha value is -4.50. The van der Waals surface area contributed by atoms with Crippen molar-refractivity contribution in [2.24, 2.45) is 17.3 Å². The van der Waals surface area contributed by atoms with Gasteiger partial charge >= 0.3 is 5.97 Å². The first-order chi connectivity index (χ1) is 27.6. The Kier molecular flexibility index (Phi) is 10.2. The van der Waals surface area contributed by atoms with Crippen molar-refractivity contribution in [2.75, 3.05) is 50.1 Å². The van der Waals surface area contributed by atoms with Crippen LogP contribution in [0.4, 0.5) is 22.6 Å². The topological polar surface area (TPSA) is 155 Å². The molecule has 2 unspecified atom stereocenters. The van der Waals surface area contributed by atoms with Gasteiger partial charge in [-0.2, -0.15) is 5.10 Å². The number of unbranched alkanes of at least 4 members (excludes halogenated alkanes) is 1. The predicted molar refractivity (Wildman–Crippen MR) is 222 cm³/mol. The van der Waals surface area contributed by atoms with Crippen LogP contribution in [0, 0.1) is 31.1 Å². The fourth-order valence-electron chi connectivity index (χ4n) is 10.9. The zero-order valence-electron chi connectivity index (χ0n) is 33.2. The van der Waals surface area contributed by atoms with E-state index in [0.29, 0.717) is 41.4 Å². The predicted octanol–water partition coefficient (Wildman–Crippen LogP) is 7.55. The molecule has 4 saturated carbocycles. The van der Waals surface area contributed by atoms with Crippen LogP contribution in [0.1, 0.15) is 85.1 Å². The van der Waals surface area contributed by atoms with E-state index < -0.39 is 5.97 Å². The number of nitrogens with one attached hydrogen (secondary N) is 1. The first-order valence-electron chi connectivity index (χ1n) is 20.6. The number of carboxylic acid groups (broad SMARTS) is 1. The number of benzene rings is 1. The van der Waals surface area contributed by atoms with Crippen LogP contribution in [0.15, 0.2) is 42.6 Å². The molecule has 5 aliphatic rings. The third kappa shape index (κ3) is 7.41. The van der Waals surface area contributed by atoms with E-state index in [4.69, 9.17) is 24.9 Å². The summed E-state index contributed by atoms with van der Waals surface area (Å²) in [5.74, 6) is 2.19. The second kappa shape index (κ2) is 15.3. The van der Waals surface area contributed by atoms with Crippen molar-refractivity contribution in [3.8, 4) is 11.1 Å². The average Bonchev–Trinajstić information content (AvgIpc) is 3.76. The number of nitrogens with zero attached hydrogens (tertiary/aromatic N) is 8. The quantitative estimate of drug-likeness (QED) is 0.0898. The van der Waals surface area contributed by atoms with Gasteiger partial charge in [-0.15, -0.1) is 10.2 Å². The fraction of sp³-hybridized carbons (Fsp3) is 0.535. The number of likely N-dealkylation sites (N-methyl/N-ethyl adjacent to an activating group) is 1. The maximum Gasteiger partial charge on any atom is 0.355 e. The number of ether oxygens (including phenoxy) is 1. The molecule has 0 amide bonds. The summed E-state index contributed by atoms with van der Waals surface area (Å²) >= 11 is 1.58. The lowest BCUT2D eigenvalue weighted by Gasteiger charge is -2.61. The van der Waals surface area contributed by atoms with Crippen LogP contribution in [-0.2, 0) is 17.7 Å². The van der Waals surface area contributed by atoms with Crippen LogP contribution in [0.2, 0.25) is 0 Å². The van der Waals surface area contributed by atoms with Crippen LogP contribution in [0.3, 0.4) is 0 Å². The van der Waals surface area contributed by atoms with Crippen LogP contribution < -0.4 is 10.2 Å². The van der Waals surface area contributed by atoms with Gasteiger partial charge in [-0.25, -0.2) is 14.8 Å². The van der Waals surface area contributed by atoms with E-state index in [1.807, 2.05) is 48.4 Å². The molecule has 4 aliphatic carbocycles. The summed E-state index contributed by atoms with van der Waals surface area (Å²) in [5.41, 5.74) is 5.38. The van der Waals surface area contributed by atoms with E-state index in [0.717, 1.165) is 109 Å². The molecule has 0 spiro atoms. The van der Waals surface area contributed by atoms with Crippen LogP contribution in [0.5, 0.6) is 0 Å². The molecule has 300 valence electrons. The van der Waals surface area contributed by atoms with Crippen LogP contribution in [-0.4, -0.2) is 96.5 Å². The van der Waals surface area contributed by atoms with Gasteiger partial charge in [0.1, 0.15) is 5.82 Å². The van der Waals surface area contributed by atoms with E-state index in [1.165, 1.54) is 19.3 Å². The maximum absolute atomic E-state index is 12.9. The number of hydrogen-bond donors (Lipinski definition) is 3. The number of para-hydroxylation sites is 1. The SMILES string of the molecule is Cc1c(Nc2nc3ccccc3s2)nnc2c1CCCN2c1ccc(-c2cnn(CC34CC5CC(C3)CC(OCCN(C)CCCCO)(C5)C4)c2C)c(C(=O)O)n1. The van der Waals surface area contributed by atoms with Crippen molar-refractivity contribution in [1.82, 2.24) is 34.8 Å². The first kappa shape index (κ1) is 38.0. The largest absolute Gasteiger partial charge is 0.476 e. The highest BCUT2D eigenvalue weighted by atomic mass is 32.1. The van der Waals surface area contributed by atoms with Gasteiger partial charge in [0.25, 0.3) is 0 Å². The number of rotatable bonds is 15. The van der Waals surface area contributed by atoms with Crippen molar-refractivity contribution in [1.29, 1.82) is 0 Å². The fourth-order valence-corrected chi connectivity index (χ4v) is 11.7. The molecule has 1 aliphatic heterocycles. The number of aromatic nitrogens is 6. The summed E-state index contributed by atoms with van der Waals surface area (Å²) in [4.78, 5) is 26.7. The normalized spacial score (nSPS) is 23.8. The molecule has 4 bridgehead atoms. The van der Waals surface area contributed by atoms with E-state index in [1.54, 1.807) is 11.3 Å². The molecular weight excluding hydrogens is 739 g/mol. The van der Waals surface area contributed by atoms with Gasteiger partial charge in [0.2, 0.25) is 0 Å². The molecule has 1 aromatic carbocycles. The molecule has 5 aromatic rings. The van der Waals surface area contributed by atoms with Crippen molar-refractivity contribution in [2.45, 2.75) is 90.2 Å². The Labute approximate surface area is 337 Å². The number of anilines is 4. The molecular formula is C43H53N9O4S. The lowest BCUT2D eigenvalue weighted by atomic mass is 9.48. The number of fused-ring (bicyclic) bond motifs is 2. The molecule has 14 heteroatoms. The van der Waals surface area contributed by atoms with Gasteiger partial charge in [-0.1, -0.05) is 23.5 Å². The van der Waals surface area contributed by atoms with Crippen molar-refractivity contribution >= 4 is 50.1 Å². The summed E-state index contributed by atoms with van der Waals surface area (Å²) in [6, 6.07) is 11.8. The summed E-state index contributed by atoms with van der Waals surface area (Å²) in [6.07, 6.45) is 12.4. The summed E-state index contributed by atoms with van der Waals surface area (Å²) in [7, 11) is 2.14. The number of pyridine rings is 1. The van der Waals surface area contributed by atoms with Crippen molar-refractivity contribution < 1.29 is 19.7 Å². The third-order valence-electron chi connectivity index (χ3n) is 13.1.